The summed E-state index contributed by atoms with van der Waals surface area (Å²) in [7, 11) is -3.49. The van der Waals surface area contributed by atoms with Crippen LogP contribution in [0.25, 0.3) is 0 Å². The third kappa shape index (κ3) is 3.88. The van der Waals surface area contributed by atoms with Crippen LogP contribution < -0.4 is 5.32 Å². The molecule has 2 heterocycles. The number of piperidine rings is 1. The molecule has 9 heteroatoms. The number of anilines is 1. The number of hydrogen-bond acceptors (Lipinski definition) is 6. The molecule has 0 aliphatic carbocycles. The van der Waals surface area contributed by atoms with Crippen molar-refractivity contribution in [3.8, 4) is 0 Å². The first-order valence-corrected chi connectivity index (χ1v) is 10.3. The van der Waals surface area contributed by atoms with Crippen LogP contribution in [0.3, 0.4) is 0 Å². The molecule has 1 fully saturated rings. The van der Waals surface area contributed by atoms with Crippen molar-refractivity contribution in [3.05, 3.63) is 34.8 Å². The molecule has 134 valence electrons. The van der Waals surface area contributed by atoms with Gasteiger partial charge in [-0.05, 0) is 61.5 Å². The van der Waals surface area contributed by atoms with Crippen molar-refractivity contribution in [2.75, 3.05) is 18.4 Å². The molecule has 1 aromatic carbocycles. The van der Waals surface area contributed by atoms with Crippen molar-refractivity contribution in [3.63, 3.8) is 0 Å². The average molecular weight is 380 g/mol. The van der Waals surface area contributed by atoms with Gasteiger partial charge in [-0.3, -0.25) is 4.79 Å². The molecular formula is C16H20N4O3S2. The Morgan fingerprint density at radius 1 is 1.32 bits per heavy atom. The van der Waals surface area contributed by atoms with E-state index in [9.17, 15) is 13.2 Å². The predicted molar refractivity (Wildman–Crippen MR) is 96.2 cm³/mol. The quantitative estimate of drug-likeness (QED) is 0.880. The lowest BCUT2D eigenvalue weighted by atomic mass is 10.0. The second-order valence-electron chi connectivity index (χ2n) is 6.28. The van der Waals surface area contributed by atoms with Gasteiger partial charge in [0.2, 0.25) is 10.0 Å². The van der Waals surface area contributed by atoms with Crippen molar-refractivity contribution >= 4 is 33.2 Å². The first-order valence-electron chi connectivity index (χ1n) is 8.08. The van der Waals surface area contributed by atoms with Crippen LogP contribution in [0.1, 0.15) is 35.1 Å². The van der Waals surface area contributed by atoms with Crippen LogP contribution in [0.4, 0.5) is 5.69 Å². The van der Waals surface area contributed by atoms with Crippen molar-refractivity contribution < 1.29 is 13.2 Å². The number of hydrogen-bond donors (Lipinski definition) is 1. The Labute approximate surface area is 151 Å². The molecule has 7 nitrogen and oxygen atoms in total. The van der Waals surface area contributed by atoms with E-state index in [-0.39, 0.29) is 10.8 Å². The molecule has 0 spiro atoms. The molecule has 3 rings (SSSR count). The predicted octanol–water partition coefficient (Wildman–Crippen LogP) is 2.52. The van der Waals surface area contributed by atoms with Crippen molar-refractivity contribution in [2.45, 2.75) is 31.6 Å². The third-order valence-electron chi connectivity index (χ3n) is 4.23. The largest absolute Gasteiger partial charge is 0.321 e. The Balaban J connectivity index is 1.73. The van der Waals surface area contributed by atoms with Crippen LogP contribution in [0.15, 0.2) is 29.2 Å². The lowest BCUT2D eigenvalue weighted by Gasteiger charge is -2.30. The summed E-state index contributed by atoms with van der Waals surface area (Å²) in [5.74, 6) is 0.0753. The summed E-state index contributed by atoms with van der Waals surface area (Å²) in [5.41, 5.74) is 1.10. The van der Waals surface area contributed by atoms with Gasteiger partial charge >= 0.3 is 0 Å². The number of aromatic nitrogens is 2. The summed E-state index contributed by atoms with van der Waals surface area (Å²) in [6.45, 7) is 4.89. The molecule has 1 aromatic heterocycles. The molecule has 1 amide bonds. The van der Waals surface area contributed by atoms with Gasteiger partial charge in [-0.25, -0.2) is 8.42 Å². The smallest absolute Gasteiger partial charge is 0.269 e. The summed E-state index contributed by atoms with van der Waals surface area (Å²) in [6, 6.07) is 6.26. The minimum Gasteiger partial charge on any atom is -0.321 e. The highest BCUT2D eigenvalue weighted by Gasteiger charge is 2.28. The summed E-state index contributed by atoms with van der Waals surface area (Å²) < 4.78 is 30.7. The molecule has 1 N–H and O–H groups in total. The number of benzene rings is 1. The van der Waals surface area contributed by atoms with E-state index in [4.69, 9.17) is 0 Å². The highest BCUT2D eigenvalue weighted by Crippen LogP contribution is 2.24. The van der Waals surface area contributed by atoms with Gasteiger partial charge < -0.3 is 5.32 Å². The van der Waals surface area contributed by atoms with Crippen molar-refractivity contribution in [2.24, 2.45) is 5.92 Å². The average Bonchev–Trinajstić information content (AvgIpc) is 3.01. The number of aryl methyl sites for hydroxylation is 1. The standard InChI is InChI=1S/C16H20N4O3S2/c1-11-4-3-9-20(10-11)25(22,23)14-7-5-13(6-8-14)17-16(21)15-12(2)18-19-24-15/h5-8,11H,3-4,9-10H2,1-2H3,(H,17,21)/t11-/m1/s1. The molecule has 1 atom stereocenters. The molecule has 0 radical (unpaired) electrons. The Kier molecular flexibility index (Phi) is 5.16. The van der Waals surface area contributed by atoms with Crippen molar-refractivity contribution in [1.82, 2.24) is 13.9 Å². The molecule has 0 unspecified atom stereocenters. The number of amides is 1. The van der Waals surface area contributed by atoms with Crippen molar-refractivity contribution in [1.29, 1.82) is 0 Å². The molecule has 1 aliphatic rings. The van der Waals surface area contributed by atoms with Crippen LogP contribution in [0.2, 0.25) is 0 Å². The normalized spacial score (nSPS) is 18.9. The molecular weight excluding hydrogens is 360 g/mol. The summed E-state index contributed by atoms with van der Waals surface area (Å²) in [5, 5.41) is 6.54. The number of carbonyl (C=O) groups is 1. The molecule has 1 aliphatic heterocycles. The van der Waals surface area contributed by atoms with Crippen LogP contribution in [-0.2, 0) is 10.0 Å². The lowest BCUT2D eigenvalue weighted by molar-refractivity contribution is 0.103. The highest BCUT2D eigenvalue weighted by atomic mass is 32.2. The third-order valence-corrected chi connectivity index (χ3v) is 6.93. The summed E-state index contributed by atoms with van der Waals surface area (Å²) >= 11 is 1.03. The maximum Gasteiger partial charge on any atom is 0.269 e. The van der Waals surface area contributed by atoms with Gasteiger partial charge in [0.25, 0.3) is 5.91 Å². The molecule has 0 saturated carbocycles. The second-order valence-corrected chi connectivity index (χ2v) is 8.97. The summed E-state index contributed by atoms with van der Waals surface area (Å²) in [4.78, 5) is 12.8. The molecule has 25 heavy (non-hydrogen) atoms. The Bertz CT molecular complexity index is 862. The topological polar surface area (TPSA) is 92.3 Å². The van der Waals surface area contributed by atoms with E-state index in [1.807, 2.05) is 0 Å². The number of nitrogens with one attached hydrogen (secondary N) is 1. The molecule has 2 aromatic rings. The number of sulfonamides is 1. The maximum absolute atomic E-state index is 12.7. The minimum atomic E-state index is -3.49. The van der Waals surface area contributed by atoms with E-state index < -0.39 is 10.0 Å². The number of carbonyl (C=O) groups excluding carboxylic acids is 1. The van der Waals surface area contributed by atoms with Crippen LogP contribution in [-0.4, -0.2) is 41.3 Å². The van der Waals surface area contributed by atoms with E-state index in [1.54, 1.807) is 23.4 Å². The van der Waals surface area contributed by atoms with Gasteiger partial charge in [-0.1, -0.05) is 11.4 Å². The first kappa shape index (κ1) is 18.0. The van der Waals surface area contributed by atoms with Crippen LogP contribution in [0, 0.1) is 12.8 Å². The Morgan fingerprint density at radius 2 is 2.04 bits per heavy atom. The highest BCUT2D eigenvalue weighted by molar-refractivity contribution is 7.89. The van der Waals surface area contributed by atoms with E-state index in [0.29, 0.717) is 35.3 Å². The molecule has 0 bridgehead atoms. The SMILES string of the molecule is Cc1nnsc1C(=O)Nc1ccc(S(=O)(=O)N2CCC[C@@H](C)C2)cc1. The summed E-state index contributed by atoms with van der Waals surface area (Å²) in [6.07, 6.45) is 1.94. The van der Waals surface area contributed by atoms with Gasteiger partial charge in [-0.2, -0.15) is 4.31 Å². The fourth-order valence-electron chi connectivity index (χ4n) is 2.85. The Hall–Kier alpha value is -1.84. The van der Waals surface area contributed by atoms with E-state index in [0.717, 1.165) is 24.4 Å². The zero-order chi connectivity index (χ0) is 18.0. The number of rotatable bonds is 4. The maximum atomic E-state index is 12.7. The van der Waals surface area contributed by atoms with Gasteiger partial charge in [0.05, 0.1) is 10.6 Å². The van der Waals surface area contributed by atoms with Crippen LogP contribution in [0.5, 0.6) is 0 Å². The fourth-order valence-corrected chi connectivity index (χ4v) is 5.00. The van der Waals surface area contributed by atoms with E-state index in [2.05, 4.69) is 21.8 Å². The number of nitrogens with zero attached hydrogens (tertiary/aromatic N) is 3. The van der Waals surface area contributed by atoms with Crippen LogP contribution >= 0.6 is 11.5 Å². The Morgan fingerprint density at radius 3 is 2.64 bits per heavy atom. The van der Waals surface area contributed by atoms with E-state index >= 15 is 0 Å². The molecule has 1 saturated heterocycles. The zero-order valence-electron chi connectivity index (χ0n) is 14.1. The van der Waals surface area contributed by atoms with Gasteiger partial charge in [0, 0.05) is 18.8 Å². The lowest BCUT2D eigenvalue weighted by Crippen LogP contribution is -2.39. The first-order chi connectivity index (χ1) is 11.9. The monoisotopic (exact) mass is 380 g/mol. The zero-order valence-corrected chi connectivity index (χ0v) is 15.7. The van der Waals surface area contributed by atoms with Gasteiger partial charge in [-0.15, -0.1) is 5.10 Å². The fraction of sp³-hybridized carbons (Fsp3) is 0.438. The second kappa shape index (κ2) is 7.19. The minimum absolute atomic E-state index is 0.246. The van der Waals surface area contributed by atoms with Gasteiger partial charge in [0.15, 0.2) is 0 Å². The van der Waals surface area contributed by atoms with E-state index in [1.165, 1.54) is 12.1 Å². The van der Waals surface area contributed by atoms with Gasteiger partial charge in [0.1, 0.15) is 4.88 Å².